The van der Waals surface area contributed by atoms with Gasteiger partial charge in [-0.2, -0.15) is 0 Å². The van der Waals surface area contributed by atoms with Crippen LogP contribution in [0.25, 0.3) is 0 Å². The molecule has 84 valence electrons. The standard InChI is InChI=1S/C12H15N3S/c1-9-8-16-12(15-9)7-14-10(2)11-4-3-5-13-6-11/h3-6,8,10,14H,7H2,1-2H3. The van der Waals surface area contributed by atoms with Crippen LogP contribution in [0.4, 0.5) is 0 Å². The summed E-state index contributed by atoms with van der Waals surface area (Å²) in [4.78, 5) is 8.53. The van der Waals surface area contributed by atoms with E-state index < -0.39 is 0 Å². The second-order valence-corrected chi connectivity index (χ2v) is 4.71. The van der Waals surface area contributed by atoms with Crippen LogP contribution in [-0.2, 0) is 6.54 Å². The van der Waals surface area contributed by atoms with Crippen LogP contribution in [0.1, 0.15) is 29.2 Å². The highest BCUT2D eigenvalue weighted by Gasteiger charge is 2.05. The number of hydrogen-bond acceptors (Lipinski definition) is 4. The third-order valence-corrected chi connectivity index (χ3v) is 3.38. The van der Waals surface area contributed by atoms with Crippen molar-refractivity contribution in [2.45, 2.75) is 26.4 Å². The molecule has 0 radical (unpaired) electrons. The molecule has 0 fully saturated rings. The summed E-state index contributed by atoms with van der Waals surface area (Å²) in [5, 5.41) is 6.64. The Hall–Kier alpha value is -1.26. The van der Waals surface area contributed by atoms with Gasteiger partial charge in [0.05, 0.1) is 0 Å². The topological polar surface area (TPSA) is 37.8 Å². The first kappa shape index (κ1) is 11.2. The summed E-state index contributed by atoms with van der Waals surface area (Å²) in [5.41, 5.74) is 2.30. The molecule has 0 spiro atoms. The number of thiazole rings is 1. The molecule has 0 bridgehead atoms. The van der Waals surface area contributed by atoms with E-state index in [1.807, 2.05) is 19.2 Å². The van der Waals surface area contributed by atoms with Crippen molar-refractivity contribution in [1.82, 2.24) is 15.3 Å². The monoisotopic (exact) mass is 233 g/mol. The normalized spacial score (nSPS) is 12.6. The zero-order valence-electron chi connectivity index (χ0n) is 9.47. The van der Waals surface area contributed by atoms with Gasteiger partial charge in [-0.3, -0.25) is 4.98 Å². The molecule has 0 amide bonds. The third kappa shape index (κ3) is 2.87. The van der Waals surface area contributed by atoms with Gasteiger partial charge in [0, 0.05) is 36.1 Å². The van der Waals surface area contributed by atoms with Crippen molar-refractivity contribution in [2.75, 3.05) is 0 Å². The minimum absolute atomic E-state index is 0.304. The quantitative estimate of drug-likeness (QED) is 0.882. The van der Waals surface area contributed by atoms with Crippen molar-refractivity contribution in [3.05, 3.63) is 46.2 Å². The molecule has 2 aromatic heterocycles. The molecule has 0 aliphatic rings. The lowest BCUT2D eigenvalue weighted by Crippen LogP contribution is -2.18. The highest BCUT2D eigenvalue weighted by Crippen LogP contribution is 2.13. The Bertz CT molecular complexity index is 439. The Kier molecular flexibility index (Phi) is 3.64. The van der Waals surface area contributed by atoms with Gasteiger partial charge in [0.1, 0.15) is 5.01 Å². The molecule has 16 heavy (non-hydrogen) atoms. The van der Waals surface area contributed by atoms with Crippen molar-refractivity contribution in [3.8, 4) is 0 Å². The molecule has 1 N–H and O–H groups in total. The SMILES string of the molecule is Cc1csc(CNC(C)c2cccnc2)n1. The minimum Gasteiger partial charge on any atom is -0.304 e. The number of pyridine rings is 1. The van der Waals surface area contributed by atoms with Crippen molar-refractivity contribution in [2.24, 2.45) is 0 Å². The summed E-state index contributed by atoms with van der Waals surface area (Å²) in [5.74, 6) is 0. The van der Waals surface area contributed by atoms with E-state index in [1.165, 1.54) is 5.56 Å². The molecule has 4 heteroatoms. The van der Waals surface area contributed by atoms with E-state index >= 15 is 0 Å². The first-order chi connectivity index (χ1) is 7.75. The van der Waals surface area contributed by atoms with Crippen molar-refractivity contribution >= 4 is 11.3 Å². The smallest absolute Gasteiger partial charge is 0.107 e. The summed E-state index contributed by atoms with van der Waals surface area (Å²) in [6.45, 7) is 4.97. The highest BCUT2D eigenvalue weighted by atomic mass is 32.1. The molecule has 0 saturated heterocycles. The predicted octanol–water partition coefficient (Wildman–Crippen LogP) is 2.70. The molecule has 0 aromatic carbocycles. The van der Waals surface area contributed by atoms with E-state index in [-0.39, 0.29) is 0 Å². The van der Waals surface area contributed by atoms with Gasteiger partial charge in [-0.05, 0) is 25.5 Å². The molecule has 2 heterocycles. The molecule has 0 aliphatic carbocycles. The number of hydrogen-bond donors (Lipinski definition) is 1. The minimum atomic E-state index is 0.304. The summed E-state index contributed by atoms with van der Waals surface area (Å²) >= 11 is 1.70. The molecule has 1 atom stereocenters. The lowest BCUT2D eigenvalue weighted by Gasteiger charge is -2.12. The van der Waals surface area contributed by atoms with Crippen LogP contribution in [-0.4, -0.2) is 9.97 Å². The van der Waals surface area contributed by atoms with Gasteiger partial charge in [0.25, 0.3) is 0 Å². The van der Waals surface area contributed by atoms with Crippen LogP contribution in [0.3, 0.4) is 0 Å². The number of aryl methyl sites for hydroxylation is 1. The molecule has 2 rings (SSSR count). The van der Waals surface area contributed by atoms with Gasteiger partial charge in [-0.25, -0.2) is 4.98 Å². The van der Waals surface area contributed by atoms with Gasteiger partial charge in [0.2, 0.25) is 0 Å². The maximum atomic E-state index is 4.42. The number of rotatable bonds is 4. The van der Waals surface area contributed by atoms with Crippen molar-refractivity contribution < 1.29 is 0 Å². The number of aromatic nitrogens is 2. The van der Waals surface area contributed by atoms with E-state index in [9.17, 15) is 0 Å². The third-order valence-electron chi connectivity index (χ3n) is 2.41. The van der Waals surface area contributed by atoms with E-state index in [2.05, 4.69) is 33.7 Å². The van der Waals surface area contributed by atoms with E-state index in [0.717, 1.165) is 17.2 Å². The van der Waals surface area contributed by atoms with E-state index in [1.54, 1.807) is 17.5 Å². The fraction of sp³-hybridized carbons (Fsp3) is 0.333. The largest absolute Gasteiger partial charge is 0.304 e. The zero-order valence-corrected chi connectivity index (χ0v) is 10.3. The molecule has 0 saturated carbocycles. The van der Waals surface area contributed by atoms with Gasteiger partial charge in [-0.15, -0.1) is 11.3 Å². The zero-order chi connectivity index (χ0) is 11.4. The van der Waals surface area contributed by atoms with Crippen LogP contribution < -0.4 is 5.32 Å². The van der Waals surface area contributed by atoms with Gasteiger partial charge < -0.3 is 5.32 Å². The maximum absolute atomic E-state index is 4.42. The second-order valence-electron chi connectivity index (χ2n) is 3.77. The summed E-state index contributed by atoms with van der Waals surface area (Å²) in [6.07, 6.45) is 3.69. The number of nitrogens with zero attached hydrogens (tertiary/aromatic N) is 2. The van der Waals surface area contributed by atoms with Crippen LogP contribution >= 0.6 is 11.3 Å². The van der Waals surface area contributed by atoms with Crippen LogP contribution in [0.2, 0.25) is 0 Å². The Morgan fingerprint density at radius 2 is 2.38 bits per heavy atom. The van der Waals surface area contributed by atoms with Crippen molar-refractivity contribution in [3.63, 3.8) is 0 Å². The Balaban J connectivity index is 1.91. The number of nitrogens with one attached hydrogen (secondary N) is 1. The lowest BCUT2D eigenvalue weighted by atomic mass is 10.1. The summed E-state index contributed by atoms with van der Waals surface area (Å²) < 4.78 is 0. The molecule has 3 nitrogen and oxygen atoms in total. The van der Waals surface area contributed by atoms with E-state index in [0.29, 0.717) is 6.04 Å². The maximum Gasteiger partial charge on any atom is 0.107 e. The van der Waals surface area contributed by atoms with Crippen LogP contribution in [0, 0.1) is 6.92 Å². The molecule has 2 aromatic rings. The summed E-state index contributed by atoms with van der Waals surface area (Å²) in [6, 6.07) is 4.34. The van der Waals surface area contributed by atoms with Gasteiger partial charge in [-0.1, -0.05) is 6.07 Å². The first-order valence-electron chi connectivity index (χ1n) is 5.30. The fourth-order valence-electron chi connectivity index (χ4n) is 1.47. The molecule has 1 unspecified atom stereocenters. The van der Waals surface area contributed by atoms with Gasteiger partial charge >= 0.3 is 0 Å². The first-order valence-corrected chi connectivity index (χ1v) is 6.18. The lowest BCUT2D eigenvalue weighted by molar-refractivity contribution is 0.571. The Labute approximate surface area is 99.6 Å². The molecule has 0 aliphatic heterocycles. The predicted molar refractivity (Wildman–Crippen MR) is 66.3 cm³/mol. The average molecular weight is 233 g/mol. The van der Waals surface area contributed by atoms with E-state index in [4.69, 9.17) is 0 Å². The Morgan fingerprint density at radius 3 is 3.00 bits per heavy atom. The Morgan fingerprint density at radius 1 is 1.50 bits per heavy atom. The summed E-state index contributed by atoms with van der Waals surface area (Å²) in [7, 11) is 0. The second kappa shape index (κ2) is 5.18. The van der Waals surface area contributed by atoms with Crippen LogP contribution in [0.15, 0.2) is 29.9 Å². The molecular weight excluding hydrogens is 218 g/mol. The van der Waals surface area contributed by atoms with Gasteiger partial charge in [0.15, 0.2) is 0 Å². The molecular formula is C12H15N3S. The van der Waals surface area contributed by atoms with Crippen molar-refractivity contribution in [1.29, 1.82) is 0 Å². The highest BCUT2D eigenvalue weighted by molar-refractivity contribution is 7.09. The average Bonchev–Trinajstić information content (AvgIpc) is 2.73. The fourth-order valence-corrected chi connectivity index (χ4v) is 2.20. The van der Waals surface area contributed by atoms with Crippen LogP contribution in [0.5, 0.6) is 0 Å².